The Balaban J connectivity index is 1.90. The minimum Gasteiger partial charge on any atom is -0.497 e. The lowest BCUT2D eigenvalue weighted by Gasteiger charge is -2.09. The fourth-order valence-electron chi connectivity index (χ4n) is 1.81. The molecule has 0 atom stereocenters. The van der Waals surface area contributed by atoms with Crippen LogP contribution in [0.3, 0.4) is 0 Å². The standard InChI is InChI=1S/C16H15BrN2O3/c1-22-12-6-4-5-11(9-12)19-15(20)10-18-16(21)13-7-2-3-8-14(13)17/h2-9H,10H2,1H3,(H,18,21)(H,19,20). The van der Waals surface area contributed by atoms with E-state index in [9.17, 15) is 9.59 Å². The van der Waals surface area contributed by atoms with E-state index in [1.165, 1.54) is 0 Å². The van der Waals surface area contributed by atoms with Crippen LogP contribution < -0.4 is 15.4 Å². The number of benzene rings is 2. The zero-order valence-corrected chi connectivity index (χ0v) is 13.5. The van der Waals surface area contributed by atoms with Crippen molar-refractivity contribution in [3.63, 3.8) is 0 Å². The van der Waals surface area contributed by atoms with E-state index in [0.29, 0.717) is 21.5 Å². The first-order chi connectivity index (χ1) is 10.6. The number of methoxy groups -OCH3 is 1. The van der Waals surface area contributed by atoms with E-state index in [1.54, 1.807) is 49.6 Å². The number of carbonyl (C=O) groups excluding carboxylic acids is 2. The second-order valence-electron chi connectivity index (χ2n) is 4.44. The maximum Gasteiger partial charge on any atom is 0.252 e. The first-order valence-corrected chi connectivity index (χ1v) is 7.36. The molecule has 0 saturated carbocycles. The van der Waals surface area contributed by atoms with Crippen molar-refractivity contribution in [2.45, 2.75) is 0 Å². The van der Waals surface area contributed by atoms with E-state index < -0.39 is 0 Å². The Morgan fingerprint density at radius 1 is 1.14 bits per heavy atom. The second-order valence-corrected chi connectivity index (χ2v) is 5.30. The van der Waals surface area contributed by atoms with Crippen LogP contribution >= 0.6 is 15.9 Å². The topological polar surface area (TPSA) is 67.4 Å². The molecule has 6 heteroatoms. The van der Waals surface area contributed by atoms with Crippen molar-refractivity contribution in [2.24, 2.45) is 0 Å². The van der Waals surface area contributed by atoms with Crippen molar-refractivity contribution in [2.75, 3.05) is 19.0 Å². The van der Waals surface area contributed by atoms with Gasteiger partial charge in [-0.15, -0.1) is 0 Å². The molecule has 0 radical (unpaired) electrons. The molecule has 0 aliphatic carbocycles. The molecule has 2 aromatic carbocycles. The molecule has 5 nitrogen and oxygen atoms in total. The van der Waals surface area contributed by atoms with Gasteiger partial charge in [0, 0.05) is 16.2 Å². The molecule has 0 unspecified atom stereocenters. The Labute approximate surface area is 136 Å². The van der Waals surface area contributed by atoms with Crippen LogP contribution in [-0.4, -0.2) is 25.5 Å². The summed E-state index contributed by atoms with van der Waals surface area (Å²) in [7, 11) is 1.55. The predicted molar refractivity (Wildman–Crippen MR) is 88.1 cm³/mol. The number of hydrogen-bond acceptors (Lipinski definition) is 3. The zero-order chi connectivity index (χ0) is 15.9. The number of anilines is 1. The van der Waals surface area contributed by atoms with Crippen LogP contribution in [0.25, 0.3) is 0 Å². The molecular weight excluding hydrogens is 348 g/mol. The molecule has 0 bridgehead atoms. The summed E-state index contributed by atoms with van der Waals surface area (Å²) < 4.78 is 5.76. The van der Waals surface area contributed by atoms with Crippen LogP contribution in [0, 0.1) is 0 Å². The summed E-state index contributed by atoms with van der Waals surface area (Å²) in [6.07, 6.45) is 0. The quantitative estimate of drug-likeness (QED) is 0.859. The predicted octanol–water partition coefficient (Wildman–Crippen LogP) is 2.83. The molecule has 2 amide bonds. The van der Waals surface area contributed by atoms with E-state index in [4.69, 9.17) is 4.74 Å². The smallest absolute Gasteiger partial charge is 0.252 e. The molecule has 22 heavy (non-hydrogen) atoms. The second kappa shape index (κ2) is 7.61. The third kappa shape index (κ3) is 4.33. The van der Waals surface area contributed by atoms with E-state index in [2.05, 4.69) is 26.6 Å². The van der Waals surface area contributed by atoms with Gasteiger partial charge < -0.3 is 15.4 Å². The molecule has 2 rings (SSSR count). The van der Waals surface area contributed by atoms with Gasteiger partial charge in [0.1, 0.15) is 5.75 Å². The Morgan fingerprint density at radius 2 is 1.91 bits per heavy atom. The Kier molecular flexibility index (Phi) is 5.55. The fourth-order valence-corrected chi connectivity index (χ4v) is 2.27. The van der Waals surface area contributed by atoms with Gasteiger partial charge in [0.05, 0.1) is 19.2 Å². The molecule has 114 valence electrons. The number of nitrogens with one attached hydrogen (secondary N) is 2. The highest BCUT2D eigenvalue weighted by Gasteiger charge is 2.10. The van der Waals surface area contributed by atoms with Crippen LogP contribution in [0.15, 0.2) is 53.0 Å². The number of halogens is 1. The third-order valence-corrected chi connectivity index (χ3v) is 3.57. The van der Waals surface area contributed by atoms with Crippen LogP contribution in [0.4, 0.5) is 5.69 Å². The van der Waals surface area contributed by atoms with Crippen molar-refractivity contribution in [1.82, 2.24) is 5.32 Å². The van der Waals surface area contributed by atoms with Crippen molar-refractivity contribution >= 4 is 33.4 Å². The van der Waals surface area contributed by atoms with Crippen LogP contribution in [0.5, 0.6) is 5.75 Å². The monoisotopic (exact) mass is 362 g/mol. The molecule has 0 fully saturated rings. The van der Waals surface area contributed by atoms with Gasteiger partial charge in [-0.05, 0) is 40.2 Å². The molecule has 0 heterocycles. The van der Waals surface area contributed by atoms with Crippen molar-refractivity contribution in [1.29, 1.82) is 0 Å². The number of ether oxygens (including phenoxy) is 1. The zero-order valence-electron chi connectivity index (χ0n) is 11.9. The lowest BCUT2D eigenvalue weighted by Crippen LogP contribution is -2.33. The molecule has 0 aliphatic rings. The van der Waals surface area contributed by atoms with Crippen molar-refractivity contribution < 1.29 is 14.3 Å². The number of rotatable bonds is 5. The molecule has 0 aliphatic heterocycles. The third-order valence-electron chi connectivity index (χ3n) is 2.88. The van der Waals surface area contributed by atoms with Gasteiger partial charge in [-0.2, -0.15) is 0 Å². The van der Waals surface area contributed by atoms with Crippen LogP contribution in [0.1, 0.15) is 10.4 Å². The van der Waals surface area contributed by atoms with E-state index in [1.807, 2.05) is 6.07 Å². The largest absolute Gasteiger partial charge is 0.497 e. The van der Waals surface area contributed by atoms with E-state index in [0.717, 1.165) is 0 Å². The Hall–Kier alpha value is -2.34. The number of carbonyl (C=O) groups is 2. The highest BCUT2D eigenvalue weighted by atomic mass is 79.9. The van der Waals surface area contributed by atoms with Gasteiger partial charge in [0.2, 0.25) is 5.91 Å². The minimum atomic E-state index is -0.312. The van der Waals surface area contributed by atoms with E-state index in [-0.39, 0.29) is 18.4 Å². The average Bonchev–Trinajstić information content (AvgIpc) is 2.53. The van der Waals surface area contributed by atoms with Crippen molar-refractivity contribution in [3.8, 4) is 5.75 Å². The minimum absolute atomic E-state index is 0.114. The molecule has 0 saturated heterocycles. The summed E-state index contributed by atoms with van der Waals surface area (Å²) in [5.74, 6) is 0.0250. The summed E-state index contributed by atoms with van der Waals surface area (Å²) in [6.45, 7) is -0.114. The van der Waals surface area contributed by atoms with Gasteiger partial charge >= 0.3 is 0 Å². The first-order valence-electron chi connectivity index (χ1n) is 6.57. The Morgan fingerprint density at radius 3 is 2.64 bits per heavy atom. The average molecular weight is 363 g/mol. The molecule has 0 spiro atoms. The van der Waals surface area contributed by atoms with Crippen molar-refractivity contribution in [3.05, 3.63) is 58.6 Å². The summed E-state index contributed by atoms with van der Waals surface area (Å²) >= 11 is 3.30. The fraction of sp³-hybridized carbons (Fsp3) is 0.125. The van der Waals surface area contributed by atoms with Gasteiger partial charge in [0.15, 0.2) is 0 Å². The van der Waals surface area contributed by atoms with Crippen LogP contribution in [-0.2, 0) is 4.79 Å². The van der Waals surface area contributed by atoms with Gasteiger partial charge in [-0.1, -0.05) is 18.2 Å². The molecular formula is C16H15BrN2O3. The maximum atomic E-state index is 12.0. The number of amides is 2. The van der Waals surface area contributed by atoms with E-state index >= 15 is 0 Å². The summed E-state index contributed by atoms with van der Waals surface area (Å²) in [6, 6.07) is 14.0. The lowest BCUT2D eigenvalue weighted by molar-refractivity contribution is -0.115. The lowest BCUT2D eigenvalue weighted by atomic mass is 10.2. The first kappa shape index (κ1) is 16.0. The normalized spacial score (nSPS) is 9.91. The maximum absolute atomic E-state index is 12.0. The molecule has 0 aromatic heterocycles. The summed E-state index contributed by atoms with van der Waals surface area (Å²) in [4.78, 5) is 23.8. The summed E-state index contributed by atoms with van der Waals surface area (Å²) in [5, 5.41) is 5.27. The highest BCUT2D eigenvalue weighted by molar-refractivity contribution is 9.10. The summed E-state index contributed by atoms with van der Waals surface area (Å²) in [5.41, 5.74) is 1.09. The molecule has 2 N–H and O–H groups in total. The van der Waals surface area contributed by atoms with Gasteiger partial charge in [-0.3, -0.25) is 9.59 Å². The van der Waals surface area contributed by atoms with Gasteiger partial charge in [0.25, 0.3) is 5.91 Å². The van der Waals surface area contributed by atoms with Gasteiger partial charge in [-0.25, -0.2) is 0 Å². The Bertz CT molecular complexity index is 689. The number of hydrogen-bond donors (Lipinski definition) is 2. The van der Waals surface area contributed by atoms with Crippen LogP contribution in [0.2, 0.25) is 0 Å². The highest BCUT2D eigenvalue weighted by Crippen LogP contribution is 2.17. The molecule has 2 aromatic rings. The SMILES string of the molecule is COc1cccc(NC(=O)CNC(=O)c2ccccc2Br)c1.